The fourth-order valence-corrected chi connectivity index (χ4v) is 4.39. The predicted octanol–water partition coefficient (Wildman–Crippen LogP) is 1.66. The van der Waals surface area contributed by atoms with Crippen molar-refractivity contribution >= 4 is 48.7 Å². The van der Waals surface area contributed by atoms with Gasteiger partial charge in [0.2, 0.25) is 5.13 Å². The van der Waals surface area contributed by atoms with Crippen LogP contribution in [0.2, 0.25) is 0 Å². The second kappa shape index (κ2) is 5.30. The Labute approximate surface area is 122 Å². The topological polar surface area (TPSA) is 127 Å². The summed E-state index contributed by atoms with van der Waals surface area (Å²) in [6.45, 7) is 1.63. The maximum absolute atomic E-state index is 12.1. The fraction of sp³-hybridized carbons (Fsp3) is 0.250. The van der Waals surface area contributed by atoms with Gasteiger partial charge in [0.1, 0.15) is 10.0 Å². The Kier molecular flexibility index (Phi) is 3.87. The van der Waals surface area contributed by atoms with Crippen molar-refractivity contribution in [1.82, 2.24) is 9.36 Å². The number of hydrogen-bond acceptors (Lipinski definition) is 9. The van der Waals surface area contributed by atoms with Gasteiger partial charge in [-0.1, -0.05) is 11.3 Å². The fourth-order valence-electron chi connectivity index (χ4n) is 1.31. The third kappa shape index (κ3) is 2.86. The van der Waals surface area contributed by atoms with Crippen LogP contribution in [0.5, 0.6) is 0 Å². The largest absolute Gasteiger partial charge is 0.374 e. The van der Waals surface area contributed by atoms with Crippen molar-refractivity contribution in [3.8, 4) is 0 Å². The highest BCUT2D eigenvalue weighted by atomic mass is 32.2. The predicted molar refractivity (Wildman–Crippen MR) is 76.0 cm³/mol. The molecule has 0 fully saturated rings. The second-order valence-corrected chi connectivity index (χ2v) is 7.25. The minimum Gasteiger partial charge on any atom is -0.374 e. The lowest BCUT2D eigenvalue weighted by atomic mass is 10.5. The van der Waals surface area contributed by atoms with E-state index in [1.165, 1.54) is 7.05 Å². The normalized spacial score (nSPS) is 11.3. The zero-order valence-corrected chi connectivity index (χ0v) is 12.7. The number of hydrogen-bond donors (Lipinski definition) is 2. The summed E-state index contributed by atoms with van der Waals surface area (Å²) in [5, 5.41) is 13.7. The van der Waals surface area contributed by atoms with Crippen LogP contribution >= 0.6 is 22.9 Å². The van der Waals surface area contributed by atoms with Crippen LogP contribution in [0.3, 0.4) is 0 Å². The maximum atomic E-state index is 12.1. The van der Waals surface area contributed by atoms with E-state index in [0.717, 1.165) is 28.9 Å². The first-order valence-electron chi connectivity index (χ1n) is 5.12. The van der Waals surface area contributed by atoms with Crippen molar-refractivity contribution in [2.75, 3.05) is 17.1 Å². The molecular weight excluding hydrogens is 326 g/mol. The molecule has 0 unspecified atom stereocenters. The monoisotopic (exact) mass is 335 g/mol. The van der Waals surface area contributed by atoms with Crippen molar-refractivity contribution in [3.05, 3.63) is 22.0 Å². The number of nitrogens with zero attached hydrogens (tertiary/aromatic N) is 3. The molecule has 2 aromatic rings. The van der Waals surface area contributed by atoms with Gasteiger partial charge in [-0.15, -0.1) is 0 Å². The van der Waals surface area contributed by atoms with Crippen LogP contribution in [0.25, 0.3) is 0 Å². The summed E-state index contributed by atoms with van der Waals surface area (Å²) < 4.78 is 30.1. The Morgan fingerprint density at radius 3 is 2.60 bits per heavy atom. The third-order valence-corrected chi connectivity index (χ3v) is 5.93. The summed E-state index contributed by atoms with van der Waals surface area (Å²) in [7, 11) is -2.43. The third-order valence-electron chi connectivity index (χ3n) is 2.13. The van der Waals surface area contributed by atoms with Gasteiger partial charge < -0.3 is 5.32 Å². The molecule has 2 heterocycles. The molecule has 20 heavy (non-hydrogen) atoms. The quantitative estimate of drug-likeness (QED) is 0.628. The Bertz CT molecular complexity index is 750. The van der Waals surface area contributed by atoms with E-state index in [4.69, 9.17) is 0 Å². The summed E-state index contributed by atoms with van der Waals surface area (Å²) in [6.07, 6.45) is 0. The maximum Gasteiger partial charge on any atom is 0.304 e. The van der Waals surface area contributed by atoms with E-state index in [-0.39, 0.29) is 20.0 Å². The first kappa shape index (κ1) is 14.6. The molecule has 0 amide bonds. The van der Waals surface area contributed by atoms with Crippen LogP contribution in [0, 0.1) is 17.0 Å². The van der Waals surface area contributed by atoms with Crippen molar-refractivity contribution in [1.29, 1.82) is 0 Å². The summed E-state index contributed by atoms with van der Waals surface area (Å²) in [5.41, 5.74) is -0.286. The van der Waals surface area contributed by atoms with E-state index in [0.29, 0.717) is 5.82 Å². The van der Waals surface area contributed by atoms with Crippen molar-refractivity contribution in [2.24, 2.45) is 0 Å². The number of anilines is 2. The number of nitro groups is 1. The van der Waals surface area contributed by atoms with Gasteiger partial charge in [-0.25, -0.2) is 13.4 Å². The highest BCUT2D eigenvalue weighted by molar-refractivity contribution is 7.95. The SMILES string of the molecule is CNc1sc(S(=O)(=O)Nc2nc(C)ns2)cc1[N+](=O)[O-]. The molecule has 0 aliphatic heterocycles. The number of aryl methyl sites for hydroxylation is 1. The van der Waals surface area contributed by atoms with Crippen LogP contribution < -0.4 is 10.0 Å². The van der Waals surface area contributed by atoms with Crippen LogP contribution in [0.4, 0.5) is 15.8 Å². The number of aromatic nitrogens is 2. The van der Waals surface area contributed by atoms with Crippen molar-refractivity contribution in [2.45, 2.75) is 11.1 Å². The first-order valence-corrected chi connectivity index (χ1v) is 8.20. The molecule has 9 nitrogen and oxygen atoms in total. The zero-order chi connectivity index (χ0) is 14.9. The van der Waals surface area contributed by atoms with Gasteiger partial charge in [0.25, 0.3) is 10.0 Å². The molecule has 0 aromatic carbocycles. The average molecular weight is 335 g/mol. The summed E-state index contributed by atoms with van der Waals surface area (Å²) in [5.74, 6) is 0.445. The number of nitrogens with one attached hydrogen (secondary N) is 2. The van der Waals surface area contributed by atoms with E-state index in [1.54, 1.807) is 6.92 Å². The molecule has 12 heteroatoms. The van der Waals surface area contributed by atoms with Crippen LogP contribution in [-0.4, -0.2) is 29.7 Å². The minimum atomic E-state index is -3.91. The second-order valence-electron chi connectivity index (χ2n) is 3.54. The summed E-state index contributed by atoms with van der Waals surface area (Å²) in [6, 6.07) is 1.01. The number of sulfonamides is 1. The van der Waals surface area contributed by atoms with Gasteiger partial charge in [0.05, 0.1) is 4.92 Å². The number of thiophene rings is 1. The molecule has 0 spiro atoms. The van der Waals surface area contributed by atoms with Crippen molar-refractivity contribution < 1.29 is 13.3 Å². The Balaban J connectivity index is 2.37. The molecule has 0 radical (unpaired) electrons. The van der Waals surface area contributed by atoms with Gasteiger partial charge in [-0.3, -0.25) is 14.8 Å². The molecule has 0 saturated carbocycles. The van der Waals surface area contributed by atoms with Crippen molar-refractivity contribution in [3.63, 3.8) is 0 Å². The molecule has 2 aromatic heterocycles. The van der Waals surface area contributed by atoms with Gasteiger partial charge in [-0.2, -0.15) is 4.37 Å². The van der Waals surface area contributed by atoms with E-state index in [2.05, 4.69) is 19.4 Å². The Hall–Kier alpha value is -1.79. The zero-order valence-electron chi connectivity index (χ0n) is 10.3. The van der Waals surface area contributed by atoms with Crippen LogP contribution in [0.15, 0.2) is 10.3 Å². The smallest absolute Gasteiger partial charge is 0.304 e. The lowest BCUT2D eigenvalue weighted by molar-refractivity contribution is -0.383. The molecule has 108 valence electrons. The molecule has 0 aliphatic rings. The number of rotatable bonds is 5. The van der Waals surface area contributed by atoms with E-state index >= 15 is 0 Å². The lowest BCUT2D eigenvalue weighted by Crippen LogP contribution is -2.11. The highest BCUT2D eigenvalue weighted by Crippen LogP contribution is 2.37. The van der Waals surface area contributed by atoms with Gasteiger partial charge in [-0.05, 0) is 6.92 Å². The summed E-state index contributed by atoms with van der Waals surface area (Å²) in [4.78, 5) is 14.1. The highest BCUT2D eigenvalue weighted by Gasteiger charge is 2.26. The summed E-state index contributed by atoms with van der Waals surface area (Å²) >= 11 is 1.67. The van der Waals surface area contributed by atoms with E-state index in [1.807, 2.05) is 0 Å². The van der Waals surface area contributed by atoms with Gasteiger partial charge in [0.15, 0.2) is 5.00 Å². The lowest BCUT2D eigenvalue weighted by Gasteiger charge is -2.00. The first-order chi connectivity index (χ1) is 9.33. The molecule has 2 N–H and O–H groups in total. The average Bonchev–Trinajstić information content (AvgIpc) is 2.95. The molecule has 0 saturated heterocycles. The molecular formula is C8H9N5O4S3. The minimum absolute atomic E-state index is 0.115. The van der Waals surface area contributed by atoms with Crippen LogP contribution in [-0.2, 0) is 10.0 Å². The van der Waals surface area contributed by atoms with Gasteiger partial charge in [0, 0.05) is 24.6 Å². The molecule has 2 rings (SSSR count). The standard InChI is InChI=1S/C8H9N5O4S3/c1-4-10-8(19-11-4)12-20(16,17)6-3-5(13(14)15)7(9-2)18-6/h3,9H,1-2H3,(H,10,11,12). The Morgan fingerprint density at radius 2 is 2.15 bits per heavy atom. The van der Waals surface area contributed by atoms with Gasteiger partial charge >= 0.3 is 5.69 Å². The molecule has 0 bridgehead atoms. The molecule has 0 aliphatic carbocycles. The Morgan fingerprint density at radius 1 is 1.45 bits per heavy atom. The molecule has 0 atom stereocenters. The van der Waals surface area contributed by atoms with E-state index < -0.39 is 14.9 Å². The van der Waals surface area contributed by atoms with Crippen LogP contribution in [0.1, 0.15) is 5.82 Å². The van der Waals surface area contributed by atoms with E-state index in [9.17, 15) is 18.5 Å².